The van der Waals surface area contributed by atoms with Gasteiger partial charge >= 0.3 is 0 Å². The highest BCUT2D eigenvalue weighted by Crippen LogP contribution is 2.13. The minimum absolute atomic E-state index is 0.148. The van der Waals surface area contributed by atoms with Crippen molar-refractivity contribution in [3.63, 3.8) is 0 Å². The Morgan fingerprint density at radius 2 is 2.50 bits per heavy atom. The summed E-state index contributed by atoms with van der Waals surface area (Å²) >= 11 is 1.53. The number of thiazole rings is 1. The molecular weight excluding hydrogens is 200 g/mol. The average molecular weight is 210 g/mol. The summed E-state index contributed by atoms with van der Waals surface area (Å²) in [6.07, 6.45) is 0.567. The Hall–Kier alpha value is -1.34. The second-order valence-electron chi connectivity index (χ2n) is 2.92. The molecule has 2 aromatic rings. The van der Waals surface area contributed by atoms with E-state index in [1.807, 2.05) is 5.38 Å². The molecule has 0 aliphatic rings. The van der Waals surface area contributed by atoms with E-state index in [1.54, 1.807) is 12.6 Å². The molecule has 0 aromatic carbocycles. The van der Waals surface area contributed by atoms with Gasteiger partial charge in [-0.2, -0.15) is 4.80 Å². The van der Waals surface area contributed by atoms with E-state index in [-0.39, 0.29) is 6.04 Å². The van der Waals surface area contributed by atoms with Gasteiger partial charge in [0.2, 0.25) is 0 Å². The Morgan fingerprint density at radius 3 is 3.07 bits per heavy atom. The van der Waals surface area contributed by atoms with Crippen LogP contribution in [0.2, 0.25) is 0 Å². The number of nitrogens with zero attached hydrogens (tertiary/aromatic N) is 5. The van der Waals surface area contributed by atoms with Gasteiger partial charge in [-0.05, 0) is 5.21 Å². The molecule has 74 valence electrons. The molecule has 2 N–H and O–H groups in total. The van der Waals surface area contributed by atoms with Crippen molar-refractivity contribution in [2.24, 2.45) is 12.8 Å². The summed E-state index contributed by atoms with van der Waals surface area (Å²) in [4.78, 5) is 5.55. The average Bonchev–Trinajstić information content (AvgIpc) is 2.75. The molecule has 0 fully saturated rings. The van der Waals surface area contributed by atoms with Gasteiger partial charge < -0.3 is 5.73 Å². The summed E-state index contributed by atoms with van der Waals surface area (Å²) in [6.45, 7) is 0. The molecule has 2 rings (SSSR count). The lowest BCUT2D eigenvalue weighted by Crippen LogP contribution is -2.14. The zero-order valence-electron chi connectivity index (χ0n) is 7.66. The van der Waals surface area contributed by atoms with E-state index in [0.717, 1.165) is 5.69 Å². The van der Waals surface area contributed by atoms with Crippen LogP contribution in [0.3, 0.4) is 0 Å². The van der Waals surface area contributed by atoms with Crippen molar-refractivity contribution in [2.45, 2.75) is 12.5 Å². The highest BCUT2D eigenvalue weighted by atomic mass is 32.1. The second kappa shape index (κ2) is 3.81. The first-order valence-electron chi connectivity index (χ1n) is 4.12. The lowest BCUT2D eigenvalue weighted by atomic mass is 10.2. The maximum atomic E-state index is 5.91. The van der Waals surface area contributed by atoms with E-state index in [0.29, 0.717) is 12.2 Å². The fourth-order valence-corrected chi connectivity index (χ4v) is 1.73. The SMILES string of the molecule is Cn1nnc(CC(N)c2cscn2)n1. The normalized spacial score (nSPS) is 13.0. The molecule has 0 aliphatic carbocycles. The van der Waals surface area contributed by atoms with E-state index in [9.17, 15) is 0 Å². The summed E-state index contributed by atoms with van der Waals surface area (Å²) in [5, 5.41) is 13.6. The number of aromatic nitrogens is 5. The van der Waals surface area contributed by atoms with Crippen LogP contribution >= 0.6 is 11.3 Å². The van der Waals surface area contributed by atoms with Gasteiger partial charge in [-0.3, -0.25) is 0 Å². The van der Waals surface area contributed by atoms with Crippen molar-refractivity contribution in [3.8, 4) is 0 Å². The van der Waals surface area contributed by atoms with E-state index in [4.69, 9.17) is 5.73 Å². The van der Waals surface area contributed by atoms with Gasteiger partial charge in [-0.25, -0.2) is 4.98 Å². The number of aryl methyl sites for hydroxylation is 1. The van der Waals surface area contributed by atoms with E-state index >= 15 is 0 Å². The third-order valence-corrected chi connectivity index (χ3v) is 2.39. The van der Waals surface area contributed by atoms with Crippen molar-refractivity contribution >= 4 is 11.3 Å². The standard InChI is InChI=1S/C7H10N6S/c1-13-11-7(10-12-13)2-5(8)6-3-14-4-9-6/h3-5H,2,8H2,1H3. The molecule has 7 heteroatoms. The van der Waals surface area contributed by atoms with Gasteiger partial charge in [0, 0.05) is 11.8 Å². The Balaban J connectivity index is 2.05. The zero-order chi connectivity index (χ0) is 9.97. The maximum Gasteiger partial charge on any atom is 0.176 e. The predicted octanol–water partition coefficient (Wildman–Crippen LogP) is -0.0909. The predicted molar refractivity (Wildman–Crippen MR) is 51.5 cm³/mol. The summed E-state index contributed by atoms with van der Waals surface area (Å²) in [5.74, 6) is 0.646. The molecule has 2 heterocycles. The van der Waals surface area contributed by atoms with Crippen LogP contribution in [0.25, 0.3) is 0 Å². The van der Waals surface area contributed by atoms with Gasteiger partial charge in [0.25, 0.3) is 0 Å². The van der Waals surface area contributed by atoms with Crippen LogP contribution in [-0.2, 0) is 13.5 Å². The number of hydrogen-bond acceptors (Lipinski definition) is 6. The molecule has 0 saturated heterocycles. The van der Waals surface area contributed by atoms with Crippen molar-refractivity contribution in [1.82, 2.24) is 25.2 Å². The summed E-state index contributed by atoms with van der Waals surface area (Å²) < 4.78 is 0. The molecule has 6 nitrogen and oxygen atoms in total. The molecule has 1 atom stereocenters. The molecule has 0 radical (unpaired) electrons. The monoisotopic (exact) mass is 210 g/mol. The van der Waals surface area contributed by atoms with Crippen molar-refractivity contribution in [1.29, 1.82) is 0 Å². The minimum atomic E-state index is -0.148. The lowest BCUT2D eigenvalue weighted by molar-refractivity contribution is 0.621. The molecule has 0 bridgehead atoms. The van der Waals surface area contributed by atoms with Crippen LogP contribution < -0.4 is 5.73 Å². The van der Waals surface area contributed by atoms with Crippen LogP contribution in [0.5, 0.6) is 0 Å². The van der Waals surface area contributed by atoms with Crippen molar-refractivity contribution in [3.05, 3.63) is 22.4 Å². The fraction of sp³-hybridized carbons (Fsp3) is 0.429. The Morgan fingerprint density at radius 1 is 1.64 bits per heavy atom. The minimum Gasteiger partial charge on any atom is -0.322 e. The van der Waals surface area contributed by atoms with Crippen LogP contribution in [0.4, 0.5) is 0 Å². The number of nitrogens with two attached hydrogens (primary N) is 1. The lowest BCUT2D eigenvalue weighted by Gasteiger charge is -2.03. The molecule has 0 amide bonds. The molecule has 0 saturated carbocycles. The summed E-state index contributed by atoms with van der Waals surface area (Å²) in [6, 6.07) is -0.148. The smallest absolute Gasteiger partial charge is 0.176 e. The third kappa shape index (κ3) is 1.94. The quantitative estimate of drug-likeness (QED) is 0.765. The van der Waals surface area contributed by atoms with Crippen LogP contribution in [0.15, 0.2) is 10.9 Å². The van der Waals surface area contributed by atoms with Crippen molar-refractivity contribution in [2.75, 3.05) is 0 Å². The number of hydrogen-bond donors (Lipinski definition) is 1. The molecule has 0 spiro atoms. The Labute approximate surface area is 84.8 Å². The maximum absolute atomic E-state index is 5.91. The van der Waals surface area contributed by atoms with E-state index in [1.165, 1.54) is 16.1 Å². The topological polar surface area (TPSA) is 82.5 Å². The molecule has 1 unspecified atom stereocenters. The Bertz CT molecular complexity index is 394. The first-order chi connectivity index (χ1) is 6.75. The molecule has 2 aromatic heterocycles. The van der Waals surface area contributed by atoms with Gasteiger partial charge in [-0.1, -0.05) is 0 Å². The summed E-state index contributed by atoms with van der Waals surface area (Å²) in [5.41, 5.74) is 8.55. The Kier molecular flexibility index (Phi) is 2.51. The molecule has 0 aliphatic heterocycles. The molecular formula is C7H10N6S. The number of tetrazole rings is 1. The number of rotatable bonds is 3. The van der Waals surface area contributed by atoms with Gasteiger partial charge in [0.05, 0.1) is 24.3 Å². The fourth-order valence-electron chi connectivity index (χ4n) is 1.11. The zero-order valence-corrected chi connectivity index (χ0v) is 8.48. The van der Waals surface area contributed by atoms with E-state index < -0.39 is 0 Å². The van der Waals surface area contributed by atoms with E-state index in [2.05, 4.69) is 20.4 Å². The van der Waals surface area contributed by atoms with Crippen molar-refractivity contribution < 1.29 is 0 Å². The van der Waals surface area contributed by atoms with Gasteiger partial charge in [0.15, 0.2) is 5.82 Å². The van der Waals surface area contributed by atoms with Crippen LogP contribution in [0, 0.1) is 0 Å². The second-order valence-corrected chi connectivity index (χ2v) is 3.64. The largest absolute Gasteiger partial charge is 0.322 e. The first kappa shape index (κ1) is 9.22. The first-order valence-corrected chi connectivity index (χ1v) is 5.06. The summed E-state index contributed by atoms with van der Waals surface area (Å²) in [7, 11) is 1.73. The highest BCUT2D eigenvalue weighted by Gasteiger charge is 2.11. The van der Waals surface area contributed by atoms with Gasteiger partial charge in [-0.15, -0.1) is 21.5 Å². The van der Waals surface area contributed by atoms with Crippen LogP contribution in [0.1, 0.15) is 17.6 Å². The highest BCUT2D eigenvalue weighted by molar-refractivity contribution is 7.07. The third-order valence-electron chi connectivity index (χ3n) is 1.78. The van der Waals surface area contributed by atoms with Crippen LogP contribution in [-0.4, -0.2) is 25.2 Å². The van der Waals surface area contributed by atoms with Gasteiger partial charge in [0.1, 0.15) is 0 Å². The molecule has 14 heavy (non-hydrogen) atoms.